The van der Waals surface area contributed by atoms with Crippen molar-refractivity contribution >= 4 is 12.0 Å². The highest BCUT2D eigenvalue weighted by atomic mass is 16.5. The predicted octanol–water partition coefficient (Wildman–Crippen LogP) is 3.41. The summed E-state index contributed by atoms with van der Waals surface area (Å²) in [7, 11) is 0. The van der Waals surface area contributed by atoms with Crippen LogP contribution in [0, 0.1) is 0 Å². The Morgan fingerprint density at radius 1 is 1.17 bits per heavy atom. The van der Waals surface area contributed by atoms with Crippen molar-refractivity contribution in [2.75, 3.05) is 13.2 Å². The van der Waals surface area contributed by atoms with Gasteiger partial charge in [-0.15, -0.1) is 0 Å². The summed E-state index contributed by atoms with van der Waals surface area (Å²) in [5.41, 5.74) is 0.866. The Hall–Kier alpha value is -2.69. The van der Waals surface area contributed by atoms with Crippen LogP contribution in [0.3, 0.4) is 0 Å². The van der Waals surface area contributed by atoms with Crippen molar-refractivity contribution in [3.8, 4) is 11.5 Å². The molecule has 0 aliphatic rings. The highest BCUT2D eigenvalue weighted by molar-refractivity contribution is 5.91. The molecule has 2 rings (SSSR count). The van der Waals surface area contributed by atoms with Crippen molar-refractivity contribution in [1.29, 1.82) is 0 Å². The molecule has 0 radical (unpaired) electrons. The van der Waals surface area contributed by atoms with Gasteiger partial charge in [0.1, 0.15) is 5.76 Å². The molecular weight excluding hydrogens is 294 g/mol. The fourth-order valence-electron chi connectivity index (χ4n) is 1.99. The Kier molecular flexibility index (Phi) is 6.29. The maximum absolute atomic E-state index is 11.8. The van der Waals surface area contributed by atoms with E-state index in [1.807, 2.05) is 38.1 Å². The molecule has 1 N–H and O–H groups in total. The monoisotopic (exact) mass is 315 g/mol. The first-order chi connectivity index (χ1) is 11.2. The van der Waals surface area contributed by atoms with E-state index < -0.39 is 0 Å². The Balaban J connectivity index is 1.97. The first kappa shape index (κ1) is 16.7. The van der Waals surface area contributed by atoms with E-state index in [0.717, 1.165) is 5.56 Å². The third-order valence-corrected chi connectivity index (χ3v) is 3.01. The molecule has 0 aliphatic carbocycles. The van der Waals surface area contributed by atoms with Crippen LogP contribution in [0.25, 0.3) is 6.08 Å². The van der Waals surface area contributed by atoms with Crippen LogP contribution < -0.4 is 14.8 Å². The lowest BCUT2D eigenvalue weighted by molar-refractivity contribution is -0.116. The molecule has 5 heteroatoms. The minimum Gasteiger partial charge on any atom is -0.490 e. The number of benzene rings is 1. The van der Waals surface area contributed by atoms with E-state index in [2.05, 4.69) is 5.32 Å². The lowest BCUT2D eigenvalue weighted by atomic mass is 10.2. The summed E-state index contributed by atoms with van der Waals surface area (Å²) in [6.45, 7) is 5.33. The minimum atomic E-state index is -0.187. The maximum Gasteiger partial charge on any atom is 0.244 e. The van der Waals surface area contributed by atoms with Crippen molar-refractivity contribution in [2.24, 2.45) is 0 Å². The second kappa shape index (κ2) is 8.68. The molecule has 23 heavy (non-hydrogen) atoms. The molecule has 1 heterocycles. The number of amides is 1. The van der Waals surface area contributed by atoms with Gasteiger partial charge in [0.15, 0.2) is 11.5 Å². The van der Waals surface area contributed by atoms with Gasteiger partial charge in [0, 0.05) is 6.08 Å². The van der Waals surface area contributed by atoms with Crippen LogP contribution >= 0.6 is 0 Å². The molecule has 0 spiro atoms. The van der Waals surface area contributed by atoms with Gasteiger partial charge in [-0.25, -0.2) is 0 Å². The molecule has 0 saturated carbocycles. The molecule has 1 aromatic carbocycles. The number of hydrogen-bond acceptors (Lipinski definition) is 4. The van der Waals surface area contributed by atoms with Gasteiger partial charge in [0.25, 0.3) is 0 Å². The summed E-state index contributed by atoms with van der Waals surface area (Å²) in [6, 6.07) is 9.17. The Bertz CT molecular complexity index is 647. The molecular formula is C18H21NO4. The fraction of sp³-hybridized carbons (Fsp3) is 0.278. The van der Waals surface area contributed by atoms with Crippen LogP contribution in [-0.4, -0.2) is 19.1 Å². The molecule has 0 fully saturated rings. The van der Waals surface area contributed by atoms with E-state index in [0.29, 0.717) is 37.0 Å². The fourth-order valence-corrected chi connectivity index (χ4v) is 1.99. The minimum absolute atomic E-state index is 0.187. The second-order valence-corrected chi connectivity index (χ2v) is 4.70. The van der Waals surface area contributed by atoms with Gasteiger partial charge in [0.05, 0.1) is 26.0 Å². The van der Waals surface area contributed by atoms with Crippen molar-refractivity contribution < 1.29 is 18.7 Å². The Labute approximate surface area is 135 Å². The van der Waals surface area contributed by atoms with Gasteiger partial charge in [0.2, 0.25) is 5.91 Å². The third-order valence-electron chi connectivity index (χ3n) is 3.01. The lowest BCUT2D eigenvalue weighted by Gasteiger charge is -2.11. The largest absolute Gasteiger partial charge is 0.490 e. The summed E-state index contributed by atoms with van der Waals surface area (Å²) in [6.07, 6.45) is 4.79. The second-order valence-electron chi connectivity index (χ2n) is 4.70. The SMILES string of the molecule is CCOc1ccc(/C=C/C(=O)NCc2ccco2)cc1OCC. The van der Waals surface area contributed by atoms with Crippen LogP contribution in [0.4, 0.5) is 0 Å². The predicted molar refractivity (Wildman–Crippen MR) is 88.4 cm³/mol. The number of hydrogen-bond donors (Lipinski definition) is 1. The highest BCUT2D eigenvalue weighted by Gasteiger charge is 2.05. The van der Waals surface area contributed by atoms with Gasteiger partial charge >= 0.3 is 0 Å². The number of furan rings is 1. The number of nitrogens with one attached hydrogen (secondary N) is 1. The van der Waals surface area contributed by atoms with Crippen molar-refractivity contribution in [2.45, 2.75) is 20.4 Å². The average molecular weight is 315 g/mol. The third kappa shape index (κ3) is 5.21. The van der Waals surface area contributed by atoms with Gasteiger partial charge in [-0.3, -0.25) is 4.79 Å². The summed E-state index contributed by atoms with van der Waals surface area (Å²) >= 11 is 0. The maximum atomic E-state index is 11.8. The van der Waals surface area contributed by atoms with E-state index in [1.54, 1.807) is 18.4 Å². The van der Waals surface area contributed by atoms with Crippen LogP contribution in [0.5, 0.6) is 11.5 Å². The molecule has 1 amide bonds. The van der Waals surface area contributed by atoms with Crippen molar-refractivity contribution in [3.05, 3.63) is 54.0 Å². The number of carbonyl (C=O) groups is 1. The van der Waals surface area contributed by atoms with Crippen LogP contribution in [0.15, 0.2) is 47.1 Å². The zero-order chi connectivity index (χ0) is 16.5. The molecule has 1 aromatic heterocycles. The van der Waals surface area contributed by atoms with Gasteiger partial charge < -0.3 is 19.2 Å². The summed E-state index contributed by atoms with van der Waals surface area (Å²) < 4.78 is 16.2. The topological polar surface area (TPSA) is 60.7 Å². The molecule has 0 bridgehead atoms. The van der Waals surface area contributed by atoms with Crippen LogP contribution in [-0.2, 0) is 11.3 Å². The Morgan fingerprint density at radius 2 is 1.96 bits per heavy atom. The molecule has 0 atom stereocenters. The number of rotatable bonds is 8. The summed E-state index contributed by atoms with van der Waals surface area (Å²) in [5.74, 6) is 1.90. The van der Waals surface area contributed by atoms with Gasteiger partial charge in [-0.05, 0) is 49.8 Å². The Morgan fingerprint density at radius 3 is 2.65 bits per heavy atom. The van der Waals surface area contributed by atoms with E-state index >= 15 is 0 Å². The number of carbonyl (C=O) groups excluding carboxylic acids is 1. The van der Waals surface area contributed by atoms with Crippen molar-refractivity contribution in [1.82, 2.24) is 5.32 Å². The first-order valence-electron chi connectivity index (χ1n) is 7.60. The summed E-state index contributed by atoms with van der Waals surface area (Å²) in [5, 5.41) is 2.75. The van der Waals surface area contributed by atoms with Crippen LogP contribution in [0.2, 0.25) is 0 Å². The molecule has 5 nitrogen and oxygen atoms in total. The average Bonchev–Trinajstić information content (AvgIpc) is 3.07. The van der Waals surface area contributed by atoms with Crippen LogP contribution in [0.1, 0.15) is 25.2 Å². The van der Waals surface area contributed by atoms with Gasteiger partial charge in [-0.1, -0.05) is 6.07 Å². The molecule has 122 valence electrons. The van der Waals surface area contributed by atoms with E-state index in [4.69, 9.17) is 13.9 Å². The lowest BCUT2D eigenvalue weighted by Crippen LogP contribution is -2.19. The summed E-state index contributed by atoms with van der Waals surface area (Å²) in [4.78, 5) is 11.8. The normalized spacial score (nSPS) is 10.7. The quantitative estimate of drug-likeness (QED) is 0.758. The van der Waals surface area contributed by atoms with Gasteiger partial charge in [-0.2, -0.15) is 0 Å². The van der Waals surface area contributed by atoms with E-state index in [9.17, 15) is 4.79 Å². The van der Waals surface area contributed by atoms with Crippen molar-refractivity contribution in [3.63, 3.8) is 0 Å². The molecule has 0 aliphatic heterocycles. The molecule has 0 saturated heterocycles. The van der Waals surface area contributed by atoms with E-state index in [1.165, 1.54) is 6.08 Å². The zero-order valence-corrected chi connectivity index (χ0v) is 13.4. The highest BCUT2D eigenvalue weighted by Crippen LogP contribution is 2.28. The molecule has 0 unspecified atom stereocenters. The smallest absolute Gasteiger partial charge is 0.244 e. The zero-order valence-electron chi connectivity index (χ0n) is 13.4. The van der Waals surface area contributed by atoms with E-state index in [-0.39, 0.29) is 5.91 Å². The first-order valence-corrected chi connectivity index (χ1v) is 7.60. The number of ether oxygens (including phenoxy) is 2. The molecule has 2 aromatic rings. The standard InChI is InChI=1S/C18H21NO4/c1-3-21-16-9-7-14(12-17(16)22-4-2)8-10-18(20)19-13-15-6-5-11-23-15/h5-12H,3-4,13H2,1-2H3,(H,19,20)/b10-8+.